The summed E-state index contributed by atoms with van der Waals surface area (Å²) >= 11 is 0. The van der Waals surface area contributed by atoms with E-state index in [1.54, 1.807) is 12.1 Å². The first kappa shape index (κ1) is 14.8. The van der Waals surface area contributed by atoms with Gasteiger partial charge in [-0.15, -0.1) is 0 Å². The van der Waals surface area contributed by atoms with Gasteiger partial charge in [0, 0.05) is 6.54 Å². The summed E-state index contributed by atoms with van der Waals surface area (Å²) in [4.78, 5) is 15.9. The lowest BCUT2D eigenvalue weighted by Crippen LogP contribution is -2.26. The van der Waals surface area contributed by atoms with E-state index in [4.69, 9.17) is 5.73 Å². The third-order valence-electron chi connectivity index (χ3n) is 3.27. The van der Waals surface area contributed by atoms with E-state index in [0.717, 1.165) is 16.7 Å². The van der Waals surface area contributed by atoms with E-state index in [-0.39, 0.29) is 5.91 Å². The van der Waals surface area contributed by atoms with Crippen molar-refractivity contribution < 1.29 is 9.90 Å². The number of aromatic nitrogens is 1. The van der Waals surface area contributed by atoms with Crippen molar-refractivity contribution in [2.75, 3.05) is 12.3 Å². The molecule has 0 radical (unpaired) electrons. The number of aryl methyl sites for hydroxylation is 2. The largest absolute Gasteiger partial charge is 0.507 e. The van der Waals surface area contributed by atoms with Crippen molar-refractivity contribution >= 4 is 11.6 Å². The first-order valence-corrected chi connectivity index (χ1v) is 6.76. The molecule has 0 aliphatic carbocycles. The number of phenolic OH excluding ortho intramolecular Hbond substituents is 1. The molecule has 0 saturated carbocycles. The summed E-state index contributed by atoms with van der Waals surface area (Å²) in [7, 11) is 0. The fourth-order valence-electron chi connectivity index (χ4n) is 2.14. The maximum Gasteiger partial charge on any atom is 0.269 e. The zero-order valence-electron chi connectivity index (χ0n) is 12.2. The van der Waals surface area contributed by atoms with Crippen LogP contribution in [-0.4, -0.2) is 22.5 Å². The highest BCUT2D eigenvalue weighted by molar-refractivity contribution is 5.92. The molecule has 5 nitrogen and oxygen atoms in total. The number of carbonyl (C=O) groups is 1. The summed E-state index contributed by atoms with van der Waals surface area (Å²) in [5, 5.41) is 12.5. The number of hydrogen-bond donors (Lipinski definition) is 3. The Morgan fingerprint density at radius 1 is 1.29 bits per heavy atom. The van der Waals surface area contributed by atoms with Crippen LogP contribution in [0.4, 0.5) is 5.69 Å². The van der Waals surface area contributed by atoms with Crippen molar-refractivity contribution in [1.29, 1.82) is 0 Å². The molecule has 0 fully saturated rings. The molecule has 5 heteroatoms. The van der Waals surface area contributed by atoms with Gasteiger partial charge in [-0.3, -0.25) is 4.79 Å². The van der Waals surface area contributed by atoms with E-state index in [1.165, 1.54) is 6.20 Å². The van der Waals surface area contributed by atoms with Gasteiger partial charge in [0.2, 0.25) is 0 Å². The molecule has 0 aliphatic heterocycles. The van der Waals surface area contributed by atoms with Crippen LogP contribution in [0.3, 0.4) is 0 Å². The summed E-state index contributed by atoms with van der Waals surface area (Å²) in [5.74, 6) is 0.107. The number of pyridine rings is 1. The lowest BCUT2D eigenvalue weighted by molar-refractivity contribution is 0.0949. The second-order valence-corrected chi connectivity index (χ2v) is 5.06. The van der Waals surface area contributed by atoms with E-state index >= 15 is 0 Å². The molecule has 0 unspecified atom stereocenters. The van der Waals surface area contributed by atoms with Crippen LogP contribution in [0.1, 0.15) is 27.2 Å². The quantitative estimate of drug-likeness (QED) is 0.801. The highest BCUT2D eigenvalue weighted by Crippen LogP contribution is 2.22. The summed E-state index contributed by atoms with van der Waals surface area (Å²) in [6, 6.07) is 7.10. The molecule has 1 heterocycles. The van der Waals surface area contributed by atoms with Crippen molar-refractivity contribution in [1.82, 2.24) is 10.3 Å². The number of hydrogen-bond acceptors (Lipinski definition) is 4. The summed E-state index contributed by atoms with van der Waals surface area (Å²) in [5.41, 5.74) is 9.17. The molecule has 1 aromatic heterocycles. The highest BCUT2D eigenvalue weighted by Gasteiger charge is 2.07. The lowest BCUT2D eigenvalue weighted by atomic mass is 10.0. The van der Waals surface area contributed by atoms with Crippen molar-refractivity contribution in [2.45, 2.75) is 20.3 Å². The molecule has 2 rings (SSSR count). The number of benzene rings is 1. The maximum absolute atomic E-state index is 11.9. The monoisotopic (exact) mass is 285 g/mol. The number of rotatable bonds is 4. The molecule has 110 valence electrons. The van der Waals surface area contributed by atoms with Crippen LogP contribution in [0.5, 0.6) is 5.75 Å². The summed E-state index contributed by atoms with van der Waals surface area (Å²) in [6.07, 6.45) is 2.16. The van der Waals surface area contributed by atoms with Gasteiger partial charge in [-0.1, -0.05) is 12.1 Å². The molecule has 0 bridgehead atoms. The molecule has 0 atom stereocenters. The molecule has 2 aromatic rings. The number of nitrogens with one attached hydrogen (secondary N) is 1. The Morgan fingerprint density at radius 3 is 2.52 bits per heavy atom. The molecule has 1 amide bonds. The normalized spacial score (nSPS) is 10.4. The highest BCUT2D eigenvalue weighted by atomic mass is 16.3. The predicted molar refractivity (Wildman–Crippen MR) is 82.3 cm³/mol. The van der Waals surface area contributed by atoms with Gasteiger partial charge in [-0.05, 0) is 49.1 Å². The van der Waals surface area contributed by atoms with Crippen LogP contribution in [0, 0.1) is 13.8 Å². The minimum absolute atomic E-state index is 0.220. The van der Waals surface area contributed by atoms with Gasteiger partial charge in [-0.2, -0.15) is 0 Å². The standard InChI is InChI=1S/C16H19N3O2/c1-10-7-12(8-11(2)15(10)20)5-6-18-16(21)14-4-3-13(17)9-19-14/h3-4,7-9,20H,5-6,17H2,1-2H3,(H,18,21). The summed E-state index contributed by atoms with van der Waals surface area (Å²) in [6.45, 7) is 4.24. The average molecular weight is 285 g/mol. The van der Waals surface area contributed by atoms with Crippen LogP contribution in [0.15, 0.2) is 30.5 Å². The predicted octanol–water partition coefficient (Wildman–Crippen LogP) is 1.96. The number of nitrogens with two attached hydrogens (primary N) is 1. The third kappa shape index (κ3) is 3.72. The molecule has 4 N–H and O–H groups in total. The van der Waals surface area contributed by atoms with E-state index in [2.05, 4.69) is 10.3 Å². The Balaban J connectivity index is 1.92. The Bertz CT molecular complexity index is 628. The Labute approximate surface area is 123 Å². The zero-order chi connectivity index (χ0) is 15.4. The van der Waals surface area contributed by atoms with Gasteiger partial charge in [0.1, 0.15) is 11.4 Å². The van der Waals surface area contributed by atoms with Crippen molar-refractivity contribution in [2.24, 2.45) is 0 Å². The number of phenols is 1. The van der Waals surface area contributed by atoms with E-state index < -0.39 is 0 Å². The molecule has 0 saturated heterocycles. The Kier molecular flexibility index (Phi) is 4.42. The smallest absolute Gasteiger partial charge is 0.269 e. The molecular formula is C16H19N3O2. The molecule has 0 aliphatic rings. The number of aromatic hydroxyl groups is 1. The van der Waals surface area contributed by atoms with E-state index in [1.807, 2.05) is 26.0 Å². The maximum atomic E-state index is 11.9. The van der Waals surface area contributed by atoms with Gasteiger partial charge in [0.15, 0.2) is 0 Å². The van der Waals surface area contributed by atoms with Crippen LogP contribution in [0.25, 0.3) is 0 Å². The van der Waals surface area contributed by atoms with Gasteiger partial charge < -0.3 is 16.2 Å². The van der Waals surface area contributed by atoms with Crippen LogP contribution in [-0.2, 0) is 6.42 Å². The van der Waals surface area contributed by atoms with Gasteiger partial charge in [0.05, 0.1) is 11.9 Å². The first-order chi connectivity index (χ1) is 9.97. The molecule has 0 spiro atoms. The van der Waals surface area contributed by atoms with Gasteiger partial charge >= 0.3 is 0 Å². The third-order valence-corrected chi connectivity index (χ3v) is 3.27. The zero-order valence-corrected chi connectivity index (χ0v) is 12.2. The second-order valence-electron chi connectivity index (χ2n) is 5.06. The van der Waals surface area contributed by atoms with Crippen molar-refractivity contribution in [3.63, 3.8) is 0 Å². The van der Waals surface area contributed by atoms with Crippen LogP contribution >= 0.6 is 0 Å². The van der Waals surface area contributed by atoms with Crippen LogP contribution in [0.2, 0.25) is 0 Å². The lowest BCUT2D eigenvalue weighted by Gasteiger charge is -2.09. The molecular weight excluding hydrogens is 266 g/mol. The van der Waals surface area contributed by atoms with Crippen molar-refractivity contribution in [3.05, 3.63) is 52.8 Å². The number of anilines is 1. The Hall–Kier alpha value is -2.56. The second kappa shape index (κ2) is 6.26. The van der Waals surface area contributed by atoms with E-state index in [9.17, 15) is 9.90 Å². The fraction of sp³-hybridized carbons (Fsp3) is 0.250. The van der Waals surface area contributed by atoms with E-state index in [0.29, 0.717) is 30.1 Å². The van der Waals surface area contributed by atoms with Gasteiger partial charge in [0.25, 0.3) is 5.91 Å². The SMILES string of the molecule is Cc1cc(CCNC(=O)c2ccc(N)cn2)cc(C)c1O. The summed E-state index contributed by atoms with van der Waals surface area (Å²) < 4.78 is 0. The minimum Gasteiger partial charge on any atom is -0.507 e. The number of carbonyl (C=O) groups excluding carboxylic acids is 1. The molecule has 21 heavy (non-hydrogen) atoms. The number of nitrogen functional groups attached to an aromatic ring is 1. The van der Waals surface area contributed by atoms with Crippen LogP contribution < -0.4 is 11.1 Å². The number of amides is 1. The molecule has 1 aromatic carbocycles. The topological polar surface area (TPSA) is 88.2 Å². The number of nitrogens with zero attached hydrogens (tertiary/aromatic N) is 1. The van der Waals surface area contributed by atoms with Gasteiger partial charge in [-0.25, -0.2) is 4.98 Å². The average Bonchev–Trinajstić information content (AvgIpc) is 2.45. The van der Waals surface area contributed by atoms with Crippen molar-refractivity contribution in [3.8, 4) is 5.75 Å². The fourth-order valence-corrected chi connectivity index (χ4v) is 2.14. The first-order valence-electron chi connectivity index (χ1n) is 6.76. The Morgan fingerprint density at radius 2 is 1.95 bits per heavy atom. The minimum atomic E-state index is -0.220.